The van der Waals surface area contributed by atoms with Crippen molar-refractivity contribution in [1.29, 1.82) is 0 Å². The third-order valence-electron chi connectivity index (χ3n) is 3.41. The molecular formula is C17H30N2O3. The second-order valence-electron chi connectivity index (χ2n) is 5.73. The van der Waals surface area contributed by atoms with Gasteiger partial charge in [-0.25, -0.2) is 0 Å². The van der Waals surface area contributed by atoms with E-state index >= 15 is 0 Å². The van der Waals surface area contributed by atoms with Crippen LogP contribution in [-0.2, 0) is 11.2 Å². The van der Waals surface area contributed by atoms with Gasteiger partial charge in [0, 0.05) is 12.0 Å². The number of rotatable bonds is 6. The van der Waals surface area contributed by atoms with Gasteiger partial charge in [0.2, 0.25) is 5.91 Å². The highest BCUT2D eigenvalue weighted by molar-refractivity contribution is 5.78. The van der Waals surface area contributed by atoms with Gasteiger partial charge in [-0.3, -0.25) is 4.79 Å². The first-order chi connectivity index (χ1) is 10.3. The third kappa shape index (κ3) is 9.50. The van der Waals surface area contributed by atoms with E-state index in [1.54, 1.807) is 0 Å². The fraction of sp³-hybridized carbons (Fsp3) is 0.588. The van der Waals surface area contributed by atoms with Gasteiger partial charge in [-0.1, -0.05) is 44.2 Å². The van der Waals surface area contributed by atoms with Crippen molar-refractivity contribution in [2.24, 2.45) is 17.6 Å². The van der Waals surface area contributed by atoms with Crippen LogP contribution in [0.4, 0.5) is 0 Å². The summed E-state index contributed by atoms with van der Waals surface area (Å²) in [5.41, 5.74) is 6.83. The van der Waals surface area contributed by atoms with Gasteiger partial charge in [0.15, 0.2) is 0 Å². The first kappa shape index (κ1) is 20.6. The molecule has 0 aromatic heterocycles. The van der Waals surface area contributed by atoms with Crippen LogP contribution in [0.5, 0.6) is 0 Å². The molecule has 0 saturated heterocycles. The van der Waals surface area contributed by atoms with Crippen molar-refractivity contribution in [1.82, 2.24) is 5.32 Å². The Morgan fingerprint density at radius 3 is 2.09 bits per heavy atom. The SMILES string of the molecule is CC(Cc1ccccc1)NC(=O)C(C)C(C)CN.CC(O)O. The minimum Gasteiger partial charge on any atom is -0.368 e. The van der Waals surface area contributed by atoms with Crippen LogP contribution in [0.3, 0.4) is 0 Å². The van der Waals surface area contributed by atoms with Crippen LogP contribution in [0.25, 0.3) is 0 Å². The second-order valence-corrected chi connectivity index (χ2v) is 5.73. The molecule has 1 rings (SSSR count). The van der Waals surface area contributed by atoms with Crippen LogP contribution in [-0.4, -0.2) is 35.0 Å². The molecule has 22 heavy (non-hydrogen) atoms. The molecule has 0 aliphatic heterocycles. The highest BCUT2D eigenvalue weighted by Crippen LogP contribution is 2.10. The lowest BCUT2D eigenvalue weighted by Crippen LogP contribution is -2.40. The van der Waals surface area contributed by atoms with E-state index in [-0.39, 0.29) is 23.8 Å². The predicted octanol–water partition coefficient (Wildman–Crippen LogP) is 1.28. The Kier molecular flexibility index (Phi) is 10.5. The first-order valence-electron chi connectivity index (χ1n) is 7.68. The van der Waals surface area contributed by atoms with Crippen LogP contribution >= 0.6 is 0 Å². The number of carbonyl (C=O) groups is 1. The fourth-order valence-electron chi connectivity index (χ4n) is 1.86. The smallest absolute Gasteiger partial charge is 0.223 e. The predicted molar refractivity (Wildman–Crippen MR) is 89.0 cm³/mol. The van der Waals surface area contributed by atoms with E-state index < -0.39 is 6.29 Å². The zero-order chi connectivity index (χ0) is 17.1. The molecule has 0 bridgehead atoms. The lowest BCUT2D eigenvalue weighted by Gasteiger charge is -2.21. The van der Waals surface area contributed by atoms with Crippen LogP contribution in [0.2, 0.25) is 0 Å². The molecule has 0 spiro atoms. The largest absolute Gasteiger partial charge is 0.368 e. The Bertz CT molecular complexity index is 407. The molecule has 3 atom stereocenters. The van der Waals surface area contributed by atoms with Crippen molar-refractivity contribution in [3.05, 3.63) is 35.9 Å². The molecule has 0 heterocycles. The van der Waals surface area contributed by atoms with Gasteiger partial charge in [-0.05, 0) is 38.3 Å². The highest BCUT2D eigenvalue weighted by Gasteiger charge is 2.20. The first-order valence-corrected chi connectivity index (χ1v) is 7.68. The average Bonchev–Trinajstić information content (AvgIpc) is 2.45. The van der Waals surface area contributed by atoms with Crippen molar-refractivity contribution < 1.29 is 15.0 Å². The molecule has 1 aromatic carbocycles. The molecule has 0 aliphatic rings. The monoisotopic (exact) mass is 310 g/mol. The maximum Gasteiger partial charge on any atom is 0.223 e. The molecular weight excluding hydrogens is 280 g/mol. The number of hydrogen-bond acceptors (Lipinski definition) is 4. The van der Waals surface area contributed by atoms with Crippen molar-refractivity contribution in [2.45, 2.75) is 46.4 Å². The third-order valence-corrected chi connectivity index (χ3v) is 3.41. The van der Waals surface area contributed by atoms with E-state index in [0.29, 0.717) is 6.54 Å². The van der Waals surface area contributed by atoms with Crippen molar-refractivity contribution in [2.75, 3.05) is 6.54 Å². The van der Waals surface area contributed by atoms with Gasteiger partial charge in [0.25, 0.3) is 0 Å². The van der Waals surface area contributed by atoms with E-state index in [9.17, 15) is 4.79 Å². The number of benzene rings is 1. The van der Waals surface area contributed by atoms with Gasteiger partial charge in [-0.15, -0.1) is 0 Å². The summed E-state index contributed by atoms with van der Waals surface area (Å²) in [7, 11) is 0. The maximum absolute atomic E-state index is 12.0. The summed E-state index contributed by atoms with van der Waals surface area (Å²) in [6, 6.07) is 10.3. The Morgan fingerprint density at radius 1 is 1.14 bits per heavy atom. The Morgan fingerprint density at radius 2 is 1.64 bits per heavy atom. The number of amides is 1. The molecule has 5 nitrogen and oxygen atoms in total. The molecule has 5 N–H and O–H groups in total. The minimum absolute atomic E-state index is 0.0341. The molecule has 1 amide bonds. The summed E-state index contributed by atoms with van der Waals surface area (Å²) in [6.07, 6.45) is -0.309. The summed E-state index contributed by atoms with van der Waals surface area (Å²) < 4.78 is 0. The molecule has 126 valence electrons. The zero-order valence-electron chi connectivity index (χ0n) is 14.0. The molecule has 3 unspecified atom stereocenters. The Hall–Kier alpha value is -1.43. The molecule has 0 aliphatic carbocycles. The highest BCUT2D eigenvalue weighted by atomic mass is 16.5. The number of aliphatic hydroxyl groups is 2. The number of hydrogen-bond donors (Lipinski definition) is 4. The maximum atomic E-state index is 12.0. The van der Waals surface area contributed by atoms with Gasteiger partial charge in [0.05, 0.1) is 0 Å². The number of nitrogens with one attached hydrogen (secondary N) is 1. The summed E-state index contributed by atoms with van der Waals surface area (Å²) in [5.74, 6) is 0.276. The molecule has 1 aromatic rings. The number of nitrogens with two attached hydrogens (primary N) is 1. The van der Waals surface area contributed by atoms with E-state index in [2.05, 4.69) is 17.4 Å². The normalized spacial score (nSPS) is 14.5. The standard InChI is InChI=1S/C15H24N2O.C2H6O2/c1-11(10-16)13(3)15(18)17-12(2)9-14-7-5-4-6-8-14;1-2(3)4/h4-8,11-13H,9-10,16H2,1-3H3,(H,17,18);2-4H,1H3. The zero-order valence-corrected chi connectivity index (χ0v) is 14.0. The van der Waals surface area contributed by atoms with Crippen LogP contribution in [0.1, 0.15) is 33.3 Å². The lowest BCUT2D eigenvalue weighted by molar-refractivity contribution is -0.126. The van der Waals surface area contributed by atoms with Crippen LogP contribution in [0, 0.1) is 11.8 Å². The fourth-order valence-corrected chi connectivity index (χ4v) is 1.86. The van der Waals surface area contributed by atoms with E-state index in [1.165, 1.54) is 12.5 Å². The molecule has 0 saturated carbocycles. The minimum atomic E-state index is -1.17. The molecule has 0 fully saturated rings. The molecule has 0 radical (unpaired) electrons. The lowest BCUT2D eigenvalue weighted by atomic mass is 9.95. The summed E-state index contributed by atoms with van der Waals surface area (Å²) >= 11 is 0. The Balaban J connectivity index is 0.000000980. The van der Waals surface area contributed by atoms with Gasteiger partial charge < -0.3 is 21.3 Å². The van der Waals surface area contributed by atoms with Crippen molar-refractivity contribution >= 4 is 5.91 Å². The van der Waals surface area contributed by atoms with Crippen molar-refractivity contribution in [3.8, 4) is 0 Å². The molecule has 5 heteroatoms. The van der Waals surface area contributed by atoms with Gasteiger partial charge in [-0.2, -0.15) is 0 Å². The Labute approximate surface area is 133 Å². The van der Waals surface area contributed by atoms with E-state index in [4.69, 9.17) is 15.9 Å². The van der Waals surface area contributed by atoms with Gasteiger partial charge >= 0.3 is 0 Å². The van der Waals surface area contributed by atoms with Crippen LogP contribution in [0.15, 0.2) is 30.3 Å². The van der Waals surface area contributed by atoms with E-state index in [1.807, 2.05) is 39.0 Å². The van der Waals surface area contributed by atoms with Crippen molar-refractivity contribution in [3.63, 3.8) is 0 Å². The second kappa shape index (κ2) is 11.2. The topological polar surface area (TPSA) is 95.6 Å². The van der Waals surface area contributed by atoms with Gasteiger partial charge in [0.1, 0.15) is 6.29 Å². The quantitative estimate of drug-likeness (QED) is 0.595. The number of aliphatic hydroxyl groups excluding tert-OH is 1. The average molecular weight is 310 g/mol. The number of carbonyl (C=O) groups excluding carboxylic acids is 1. The summed E-state index contributed by atoms with van der Waals surface area (Å²) in [4.78, 5) is 12.0. The summed E-state index contributed by atoms with van der Waals surface area (Å²) in [5, 5.41) is 18.3. The van der Waals surface area contributed by atoms with E-state index in [0.717, 1.165) is 6.42 Å². The van der Waals surface area contributed by atoms with Crippen LogP contribution < -0.4 is 11.1 Å². The summed E-state index contributed by atoms with van der Waals surface area (Å²) in [6.45, 7) is 7.79.